The second-order valence-electron chi connectivity index (χ2n) is 5.24. The van der Waals surface area contributed by atoms with Crippen molar-refractivity contribution >= 4 is 11.6 Å². The summed E-state index contributed by atoms with van der Waals surface area (Å²) < 4.78 is 0. The van der Waals surface area contributed by atoms with E-state index in [-0.39, 0.29) is 11.9 Å². The van der Waals surface area contributed by atoms with E-state index in [1.807, 2.05) is 25.1 Å². The number of nitrogen functional groups attached to an aromatic ring is 1. The van der Waals surface area contributed by atoms with E-state index < -0.39 is 0 Å². The molecule has 1 amide bonds. The molecule has 5 nitrogen and oxygen atoms in total. The second kappa shape index (κ2) is 6.04. The van der Waals surface area contributed by atoms with Gasteiger partial charge in [0.05, 0.1) is 11.3 Å². The minimum absolute atomic E-state index is 0.0498. The van der Waals surface area contributed by atoms with Gasteiger partial charge in [0, 0.05) is 6.04 Å². The van der Waals surface area contributed by atoms with Crippen LogP contribution < -0.4 is 16.6 Å². The van der Waals surface area contributed by atoms with Crippen LogP contribution in [-0.2, 0) is 0 Å². The molecule has 1 aliphatic rings. The monoisotopic (exact) mass is 262 g/mol. The van der Waals surface area contributed by atoms with Crippen LogP contribution in [0.3, 0.4) is 0 Å². The minimum atomic E-state index is -0.0498. The second-order valence-corrected chi connectivity index (χ2v) is 5.24. The molecule has 1 fully saturated rings. The summed E-state index contributed by atoms with van der Waals surface area (Å²) >= 11 is 0. The van der Waals surface area contributed by atoms with E-state index in [2.05, 4.69) is 22.7 Å². The van der Waals surface area contributed by atoms with Crippen molar-refractivity contribution in [1.82, 2.24) is 10.2 Å². The Morgan fingerprint density at radius 3 is 2.68 bits per heavy atom. The van der Waals surface area contributed by atoms with Crippen molar-refractivity contribution in [3.63, 3.8) is 0 Å². The van der Waals surface area contributed by atoms with Crippen molar-refractivity contribution in [1.29, 1.82) is 0 Å². The zero-order chi connectivity index (χ0) is 13.8. The summed E-state index contributed by atoms with van der Waals surface area (Å²) in [5, 5.41) is 3.10. The van der Waals surface area contributed by atoms with E-state index in [1.54, 1.807) is 0 Å². The van der Waals surface area contributed by atoms with Gasteiger partial charge in [-0.3, -0.25) is 10.6 Å². The van der Waals surface area contributed by atoms with Gasteiger partial charge < -0.3 is 15.6 Å². The molecular weight excluding hydrogens is 240 g/mol. The number of likely N-dealkylation sites (tertiary alicyclic amines) is 1. The van der Waals surface area contributed by atoms with E-state index in [0.29, 0.717) is 11.3 Å². The summed E-state index contributed by atoms with van der Waals surface area (Å²) in [5.74, 6) is 5.40. The number of benzene rings is 1. The predicted octanol–water partition coefficient (Wildman–Crippen LogP) is 1.10. The van der Waals surface area contributed by atoms with Crippen LogP contribution >= 0.6 is 0 Å². The lowest BCUT2D eigenvalue weighted by Gasteiger charge is -2.29. The normalized spacial score (nSPS) is 17.2. The zero-order valence-electron chi connectivity index (χ0n) is 11.6. The largest absolute Gasteiger partial charge is 0.349 e. The maximum absolute atomic E-state index is 12.3. The average Bonchev–Trinajstić information content (AvgIpc) is 2.41. The van der Waals surface area contributed by atoms with E-state index in [9.17, 15) is 4.79 Å². The first-order valence-electron chi connectivity index (χ1n) is 6.67. The van der Waals surface area contributed by atoms with Gasteiger partial charge in [0.15, 0.2) is 0 Å². The molecule has 0 unspecified atom stereocenters. The molecule has 0 saturated carbocycles. The van der Waals surface area contributed by atoms with Crippen LogP contribution in [0, 0.1) is 6.92 Å². The molecule has 0 aromatic heterocycles. The molecule has 1 aromatic carbocycles. The molecule has 4 N–H and O–H groups in total. The summed E-state index contributed by atoms with van der Waals surface area (Å²) in [6.45, 7) is 4.02. The van der Waals surface area contributed by atoms with Crippen LogP contribution in [0.25, 0.3) is 0 Å². The van der Waals surface area contributed by atoms with E-state index >= 15 is 0 Å². The van der Waals surface area contributed by atoms with Gasteiger partial charge in [-0.05, 0) is 52.0 Å². The molecule has 2 rings (SSSR count). The topological polar surface area (TPSA) is 70.4 Å². The number of hydrogen-bond acceptors (Lipinski definition) is 4. The molecular formula is C14H22N4O. The third kappa shape index (κ3) is 3.45. The fraction of sp³-hybridized carbons (Fsp3) is 0.500. The number of nitrogens with one attached hydrogen (secondary N) is 2. The number of carbonyl (C=O) groups excluding carboxylic acids is 1. The third-order valence-corrected chi connectivity index (χ3v) is 3.63. The summed E-state index contributed by atoms with van der Waals surface area (Å²) in [4.78, 5) is 14.6. The van der Waals surface area contributed by atoms with Gasteiger partial charge in [-0.15, -0.1) is 0 Å². The lowest BCUT2D eigenvalue weighted by atomic mass is 10.0. The molecule has 0 atom stereocenters. The number of amides is 1. The quantitative estimate of drug-likeness (QED) is 0.563. The van der Waals surface area contributed by atoms with E-state index in [0.717, 1.165) is 31.5 Å². The van der Waals surface area contributed by atoms with Gasteiger partial charge in [-0.25, -0.2) is 0 Å². The number of hydrazine groups is 1. The van der Waals surface area contributed by atoms with Crippen LogP contribution in [0.15, 0.2) is 18.2 Å². The molecule has 1 saturated heterocycles. The first-order valence-corrected chi connectivity index (χ1v) is 6.67. The third-order valence-electron chi connectivity index (χ3n) is 3.63. The predicted molar refractivity (Wildman–Crippen MR) is 77.0 cm³/mol. The Balaban J connectivity index is 2.05. The smallest absolute Gasteiger partial charge is 0.253 e. The first kappa shape index (κ1) is 13.8. The summed E-state index contributed by atoms with van der Waals surface area (Å²) in [5.41, 5.74) is 4.90. The molecule has 19 heavy (non-hydrogen) atoms. The van der Waals surface area contributed by atoms with Crippen molar-refractivity contribution in [3.05, 3.63) is 29.3 Å². The van der Waals surface area contributed by atoms with Crippen LogP contribution in [0.2, 0.25) is 0 Å². The van der Waals surface area contributed by atoms with Crippen molar-refractivity contribution in [2.75, 3.05) is 25.6 Å². The highest BCUT2D eigenvalue weighted by atomic mass is 16.1. The highest BCUT2D eigenvalue weighted by Gasteiger charge is 2.20. The number of aryl methyl sites for hydroxylation is 1. The fourth-order valence-corrected chi connectivity index (χ4v) is 2.39. The number of nitrogens with zero attached hydrogens (tertiary/aromatic N) is 1. The van der Waals surface area contributed by atoms with Gasteiger partial charge in [-0.1, -0.05) is 11.6 Å². The zero-order valence-corrected chi connectivity index (χ0v) is 11.6. The molecule has 0 radical (unpaired) electrons. The summed E-state index contributed by atoms with van der Waals surface area (Å²) in [6.07, 6.45) is 2.00. The Kier molecular flexibility index (Phi) is 4.39. The average molecular weight is 262 g/mol. The molecule has 1 aromatic rings. The Morgan fingerprint density at radius 2 is 2.05 bits per heavy atom. The van der Waals surface area contributed by atoms with Gasteiger partial charge in [0.1, 0.15) is 0 Å². The summed E-state index contributed by atoms with van der Waals surface area (Å²) in [7, 11) is 2.11. The fourth-order valence-electron chi connectivity index (χ4n) is 2.39. The molecule has 5 heteroatoms. The highest BCUT2D eigenvalue weighted by molar-refractivity contribution is 5.99. The van der Waals surface area contributed by atoms with E-state index in [1.165, 1.54) is 0 Å². The number of carbonyl (C=O) groups is 1. The number of nitrogens with two attached hydrogens (primary N) is 1. The molecule has 1 aliphatic heterocycles. The SMILES string of the molecule is Cc1ccc(NN)c(C(=O)NC2CCN(C)CC2)c1. The molecule has 104 valence electrons. The van der Waals surface area contributed by atoms with Crippen molar-refractivity contribution in [3.8, 4) is 0 Å². The maximum Gasteiger partial charge on any atom is 0.253 e. The van der Waals surface area contributed by atoms with Crippen molar-refractivity contribution < 1.29 is 4.79 Å². The van der Waals surface area contributed by atoms with Gasteiger partial charge in [0.2, 0.25) is 0 Å². The van der Waals surface area contributed by atoms with Crippen LogP contribution in [-0.4, -0.2) is 37.0 Å². The highest BCUT2D eigenvalue weighted by Crippen LogP contribution is 2.17. The van der Waals surface area contributed by atoms with Gasteiger partial charge in [0.25, 0.3) is 5.91 Å². The molecule has 0 spiro atoms. The lowest BCUT2D eigenvalue weighted by molar-refractivity contribution is 0.0917. The van der Waals surface area contributed by atoms with Crippen LogP contribution in [0.5, 0.6) is 0 Å². The standard InChI is InChI=1S/C14H22N4O/c1-10-3-4-13(17-15)12(9-10)14(19)16-11-5-7-18(2)8-6-11/h3-4,9,11,17H,5-8,15H2,1-2H3,(H,16,19). The first-order chi connectivity index (χ1) is 9.10. The molecule has 0 aliphatic carbocycles. The van der Waals surface area contributed by atoms with E-state index in [4.69, 9.17) is 5.84 Å². The molecule has 0 bridgehead atoms. The van der Waals surface area contributed by atoms with Gasteiger partial charge >= 0.3 is 0 Å². The number of piperidine rings is 1. The Morgan fingerprint density at radius 1 is 1.37 bits per heavy atom. The van der Waals surface area contributed by atoms with Crippen LogP contribution in [0.1, 0.15) is 28.8 Å². The number of hydrogen-bond donors (Lipinski definition) is 3. The minimum Gasteiger partial charge on any atom is -0.349 e. The lowest BCUT2D eigenvalue weighted by Crippen LogP contribution is -2.43. The Bertz CT molecular complexity index is 453. The summed E-state index contributed by atoms with van der Waals surface area (Å²) in [6, 6.07) is 5.88. The van der Waals surface area contributed by atoms with Crippen molar-refractivity contribution in [2.24, 2.45) is 5.84 Å². The van der Waals surface area contributed by atoms with Crippen molar-refractivity contribution in [2.45, 2.75) is 25.8 Å². The van der Waals surface area contributed by atoms with Gasteiger partial charge in [-0.2, -0.15) is 0 Å². The molecule has 1 heterocycles. The Hall–Kier alpha value is -1.59. The van der Waals surface area contributed by atoms with Crippen LogP contribution in [0.4, 0.5) is 5.69 Å². The maximum atomic E-state index is 12.3. The number of anilines is 1. The Labute approximate surface area is 114 Å². The number of rotatable bonds is 3.